The number of hydrogen-bond donors (Lipinski definition) is 1. The number of benzene rings is 1. The summed E-state index contributed by atoms with van der Waals surface area (Å²) in [5.74, 6) is 0. The lowest BCUT2D eigenvalue weighted by molar-refractivity contribution is 0.175. The molecule has 1 aromatic heterocycles. The second kappa shape index (κ2) is 5.19. The predicted molar refractivity (Wildman–Crippen MR) is 68.0 cm³/mol. The van der Waals surface area contributed by atoms with Gasteiger partial charge in [-0.15, -0.1) is 0 Å². The first-order chi connectivity index (χ1) is 8.13. The molecule has 1 unspecified atom stereocenters. The van der Waals surface area contributed by atoms with Crippen molar-refractivity contribution in [2.45, 2.75) is 32.8 Å². The summed E-state index contributed by atoms with van der Waals surface area (Å²) in [6.45, 7) is 4.16. The highest BCUT2D eigenvalue weighted by molar-refractivity contribution is 5.29. The van der Waals surface area contributed by atoms with Crippen molar-refractivity contribution in [3.63, 3.8) is 0 Å². The molecule has 1 atom stereocenters. The standard InChI is InChI=1S/C15H18O2/c1-11-5-12(2)7-14(6-11)9-15(16)8-13-3-4-17-10-13/h3-7,10,15-16H,8-9H2,1-2H3. The lowest BCUT2D eigenvalue weighted by atomic mass is 10.00. The SMILES string of the molecule is Cc1cc(C)cc(CC(O)Cc2ccoc2)c1. The van der Waals surface area contributed by atoms with Crippen molar-refractivity contribution in [2.75, 3.05) is 0 Å². The monoisotopic (exact) mass is 230 g/mol. The van der Waals surface area contributed by atoms with Crippen molar-refractivity contribution >= 4 is 0 Å². The van der Waals surface area contributed by atoms with Crippen LogP contribution in [0.4, 0.5) is 0 Å². The summed E-state index contributed by atoms with van der Waals surface area (Å²) in [5, 5.41) is 10.0. The Kier molecular flexibility index (Phi) is 3.64. The maximum Gasteiger partial charge on any atom is 0.0935 e. The second-order valence-corrected chi connectivity index (χ2v) is 4.69. The minimum absolute atomic E-state index is 0.353. The van der Waals surface area contributed by atoms with Gasteiger partial charge in [0.05, 0.1) is 18.6 Å². The van der Waals surface area contributed by atoms with Crippen LogP contribution in [0.1, 0.15) is 22.3 Å². The van der Waals surface area contributed by atoms with Crippen LogP contribution < -0.4 is 0 Å². The zero-order valence-corrected chi connectivity index (χ0v) is 10.3. The van der Waals surface area contributed by atoms with Crippen LogP contribution in [0.5, 0.6) is 0 Å². The lowest BCUT2D eigenvalue weighted by Crippen LogP contribution is -2.13. The maximum absolute atomic E-state index is 10.0. The summed E-state index contributed by atoms with van der Waals surface area (Å²) in [4.78, 5) is 0. The minimum atomic E-state index is -0.353. The van der Waals surface area contributed by atoms with Gasteiger partial charge in [0.1, 0.15) is 0 Å². The van der Waals surface area contributed by atoms with Crippen LogP contribution in [0, 0.1) is 13.8 Å². The number of hydrogen-bond acceptors (Lipinski definition) is 2. The van der Waals surface area contributed by atoms with Crippen molar-refractivity contribution in [3.05, 3.63) is 59.0 Å². The molecule has 0 bridgehead atoms. The van der Waals surface area contributed by atoms with Gasteiger partial charge in [-0.3, -0.25) is 0 Å². The third-order valence-electron chi connectivity index (χ3n) is 2.80. The normalized spacial score (nSPS) is 12.6. The van der Waals surface area contributed by atoms with E-state index in [0.717, 1.165) is 5.56 Å². The zero-order chi connectivity index (χ0) is 12.3. The molecule has 1 heterocycles. The first-order valence-electron chi connectivity index (χ1n) is 5.90. The molecular formula is C15H18O2. The summed E-state index contributed by atoms with van der Waals surface area (Å²) in [5.41, 5.74) is 4.73. The van der Waals surface area contributed by atoms with E-state index in [2.05, 4.69) is 32.0 Å². The van der Waals surface area contributed by atoms with Crippen LogP contribution in [0.3, 0.4) is 0 Å². The Morgan fingerprint density at radius 1 is 1.06 bits per heavy atom. The van der Waals surface area contributed by atoms with E-state index in [4.69, 9.17) is 4.42 Å². The number of aliphatic hydroxyl groups is 1. The summed E-state index contributed by atoms with van der Waals surface area (Å²) < 4.78 is 4.99. The van der Waals surface area contributed by atoms with E-state index >= 15 is 0 Å². The van der Waals surface area contributed by atoms with Gasteiger partial charge in [0.25, 0.3) is 0 Å². The van der Waals surface area contributed by atoms with E-state index in [1.807, 2.05) is 6.07 Å². The van der Waals surface area contributed by atoms with Gasteiger partial charge in [-0.1, -0.05) is 29.3 Å². The Balaban J connectivity index is 2.00. The molecule has 2 rings (SSSR count). The maximum atomic E-state index is 10.0. The fourth-order valence-corrected chi connectivity index (χ4v) is 2.21. The lowest BCUT2D eigenvalue weighted by Gasteiger charge is -2.10. The van der Waals surface area contributed by atoms with E-state index in [1.54, 1.807) is 12.5 Å². The molecule has 17 heavy (non-hydrogen) atoms. The van der Waals surface area contributed by atoms with Crippen LogP contribution in [0.2, 0.25) is 0 Å². The first-order valence-corrected chi connectivity index (χ1v) is 5.90. The van der Waals surface area contributed by atoms with Crippen molar-refractivity contribution in [1.82, 2.24) is 0 Å². The van der Waals surface area contributed by atoms with Gasteiger partial charge < -0.3 is 9.52 Å². The third kappa shape index (κ3) is 3.46. The molecule has 90 valence electrons. The second-order valence-electron chi connectivity index (χ2n) is 4.69. The van der Waals surface area contributed by atoms with Crippen LogP contribution >= 0.6 is 0 Å². The molecule has 2 nitrogen and oxygen atoms in total. The van der Waals surface area contributed by atoms with Crippen LogP contribution in [0.25, 0.3) is 0 Å². The molecule has 2 heteroatoms. The van der Waals surface area contributed by atoms with Gasteiger partial charge in [-0.05, 0) is 37.5 Å². The Morgan fingerprint density at radius 3 is 2.29 bits per heavy atom. The van der Waals surface area contributed by atoms with Crippen LogP contribution in [-0.4, -0.2) is 11.2 Å². The van der Waals surface area contributed by atoms with Crippen LogP contribution in [-0.2, 0) is 12.8 Å². The number of aliphatic hydroxyl groups excluding tert-OH is 1. The number of furan rings is 1. The molecule has 0 spiro atoms. The Labute approximate surface area is 102 Å². The van der Waals surface area contributed by atoms with Gasteiger partial charge >= 0.3 is 0 Å². The minimum Gasteiger partial charge on any atom is -0.472 e. The number of rotatable bonds is 4. The van der Waals surface area contributed by atoms with E-state index in [1.165, 1.54) is 16.7 Å². The average molecular weight is 230 g/mol. The van der Waals surface area contributed by atoms with E-state index in [9.17, 15) is 5.11 Å². The zero-order valence-electron chi connectivity index (χ0n) is 10.3. The van der Waals surface area contributed by atoms with Crippen molar-refractivity contribution in [2.24, 2.45) is 0 Å². The molecule has 0 radical (unpaired) electrons. The van der Waals surface area contributed by atoms with Gasteiger partial charge in [-0.2, -0.15) is 0 Å². The fraction of sp³-hybridized carbons (Fsp3) is 0.333. The number of aryl methyl sites for hydroxylation is 2. The van der Waals surface area contributed by atoms with Crippen molar-refractivity contribution in [3.8, 4) is 0 Å². The molecule has 0 aliphatic carbocycles. The molecule has 0 saturated heterocycles. The van der Waals surface area contributed by atoms with Crippen molar-refractivity contribution in [1.29, 1.82) is 0 Å². The predicted octanol–water partition coefficient (Wildman–Crippen LogP) is 3.04. The van der Waals surface area contributed by atoms with E-state index in [0.29, 0.717) is 12.8 Å². The molecule has 0 amide bonds. The molecule has 0 aliphatic rings. The fourth-order valence-electron chi connectivity index (χ4n) is 2.21. The Bertz CT molecular complexity index is 451. The van der Waals surface area contributed by atoms with Gasteiger partial charge in [-0.25, -0.2) is 0 Å². The molecule has 0 aliphatic heterocycles. The van der Waals surface area contributed by atoms with Gasteiger partial charge in [0.2, 0.25) is 0 Å². The summed E-state index contributed by atoms with van der Waals surface area (Å²) in [6, 6.07) is 8.30. The summed E-state index contributed by atoms with van der Waals surface area (Å²) in [7, 11) is 0. The molecule has 0 saturated carbocycles. The average Bonchev–Trinajstić information content (AvgIpc) is 2.67. The molecule has 1 aromatic carbocycles. The Hall–Kier alpha value is -1.54. The molecular weight excluding hydrogens is 212 g/mol. The topological polar surface area (TPSA) is 33.4 Å². The van der Waals surface area contributed by atoms with E-state index in [-0.39, 0.29) is 6.10 Å². The van der Waals surface area contributed by atoms with Crippen molar-refractivity contribution < 1.29 is 9.52 Å². The molecule has 2 aromatic rings. The highest BCUT2D eigenvalue weighted by Gasteiger charge is 2.08. The highest BCUT2D eigenvalue weighted by atomic mass is 16.3. The smallest absolute Gasteiger partial charge is 0.0935 e. The molecule has 1 N–H and O–H groups in total. The summed E-state index contributed by atoms with van der Waals surface area (Å²) in [6.07, 6.45) is 4.30. The largest absolute Gasteiger partial charge is 0.472 e. The summed E-state index contributed by atoms with van der Waals surface area (Å²) >= 11 is 0. The first kappa shape index (κ1) is 11.9. The van der Waals surface area contributed by atoms with Crippen LogP contribution in [0.15, 0.2) is 41.2 Å². The van der Waals surface area contributed by atoms with E-state index < -0.39 is 0 Å². The third-order valence-corrected chi connectivity index (χ3v) is 2.80. The Morgan fingerprint density at radius 2 is 1.71 bits per heavy atom. The quantitative estimate of drug-likeness (QED) is 0.875. The highest BCUT2D eigenvalue weighted by Crippen LogP contribution is 2.13. The van der Waals surface area contributed by atoms with Gasteiger partial charge in [0, 0.05) is 6.42 Å². The van der Waals surface area contributed by atoms with Gasteiger partial charge in [0.15, 0.2) is 0 Å². The molecule has 0 fully saturated rings.